The molecule has 1 saturated carbocycles. The molecule has 9 rings (SSSR count). The number of rotatable bonds is 8. The average molecular weight is 731 g/mol. The second-order valence-corrected chi connectivity index (χ2v) is 16.3. The van der Waals surface area contributed by atoms with Gasteiger partial charge in [-0.3, -0.25) is 29.4 Å². The van der Waals surface area contributed by atoms with Gasteiger partial charge >= 0.3 is 0 Å². The Labute approximate surface area is 313 Å². The zero-order valence-electron chi connectivity index (χ0n) is 31.2. The van der Waals surface area contributed by atoms with Crippen LogP contribution in [-0.2, 0) is 19.8 Å². The quantitative estimate of drug-likeness (QED) is 0.250. The molecule has 1 aromatic carbocycles. The average Bonchev–Trinajstić information content (AvgIpc) is 3.82. The first-order valence-electron chi connectivity index (χ1n) is 19.1. The Hall–Kier alpha value is -5.53. The van der Waals surface area contributed by atoms with E-state index in [0.29, 0.717) is 35.7 Å². The lowest BCUT2D eigenvalue weighted by molar-refractivity contribution is -0.136. The van der Waals surface area contributed by atoms with Crippen LogP contribution in [0.2, 0.25) is 0 Å². The van der Waals surface area contributed by atoms with Gasteiger partial charge in [0.2, 0.25) is 23.7 Å². The molecule has 2 N–H and O–H groups in total. The first-order chi connectivity index (χ1) is 26.0. The monoisotopic (exact) mass is 730 g/mol. The molecule has 0 radical (unpaired) electrons. The van der Waals surface area contributed by atoms with Crippen LogP contribution >= 0.6 is 0 Å². The molecule has 280 valence electrons. The highest BCUT2D eigenvalue weighted by Gasteiger charge is 2.51. The number of amides is 4. The van der Waals surface area contributed by atoms with Crippen LogP contribution in [0.15, 0.2) is 48.8 Å². The van der Waals surface area contributed by atoms with Crippen molar-refractivity contribution in [1.82, 2.24) is 29.7 Å². The van der Waals surface area contributed by atoms with Gasteiger partial charge in [-0.05, 0) is 63.4 Å². The Balaban J connectivity index is 0.834. The van der Waals surface area contributed by atoms with Crippen molar-refractivity contribution >= 4 is 63.5 Å². The largest absolute Gasteiger partial charge is 0.371 e. The summed E-state index contributed by atoms with van der Waals surface area (Å²) in [5.74, 6) is 1.38. The Bertz CT molecular complexity index is 2180. The van der Waals surface area contributed by atoms with Gasteiger partial charge in [0, 0.05) is 87.4 Å². The summed E-state index contributed by atoms with van der Waals surface area (Å²) in [6, 6.07) is 11.5. The summed E-state index contributed by atoms with van der Waals surface area (Å²) in [7, 11) is 3.55. The fourth-order valence-electron chi connectivity index (χ4n) is 9.17. The van der Waals surface area contributed by atoms with E-state index in [1.165, 1.54) is 0 Å². The Morgan fingerprint density at radius 2 is 1.63 bits per heavy atom. The Morgan fingerprint density at radius 1 is 0.907 bits per heavy atom. The number of piperidine rings is 1. The van der Waals surface area contributed by atoms with E-state index in [2.05, 4.69) is 47.1 Å². The van der Waals surface area contributed by atoms with Crippen LogP contribution in [0, 0.1) is 11.8 Å². The summed E-state index contributed by atoms with van der Waals surface area (Å²) in [6.45, 7) is 7.62. The summed E-state index contributed by atoms with van der Waals surface area (Å²) in [4.78, 5) is 73.5. The van der Waals surface area contributed by atoms with Crippen molar-refractivity contribution in [3.05, 3.63) is 60.0 Å². The van der Waals surface area contributed by atoms with Crippen LogP contribution in [0.3, 0.4) is 0 Å². The summed E-state index contributed by atoms with van der Waals surface area (Å²) >= 11 is 0. The van der Waals surface area contributed by atoms with Crippen molar-refractivity contribution in [3.63, 3.8) is 0 Å². The molecule has 0 spiro atoms. The minimum Gasteiger partial charge on any atom is -0.371 e. The van der Waals surface area contributed by atoms with E-state index in [1.54, 1.807) is 30.1 Å². The number of benzene rings is 1. The van der Waals surface area contributed by atoms with Gasteiger partial charge in [0.15, 0.2) is 0 Å². The number of anilines is 5. The summed E-state index contributed by atoms with van der Waals surface area (Å²) in [6.07, 6.45) is 8.59. The number of pyridine rings is 1. The zero-order chi connectivity index (χ0) is 37.5. The van der Waals surface area contributed by atoms with Gasteiger partial charge in [-0.2, -0.15) is 4.98 Å². The molecule has 4 aromatic rings. The van der Waals surface area contributed by atoms with Gasteiger partial charge < -0.3 is 24.6 Å². The maximum absolute atomic E-state index is 13.8. The number of hydrogen-bond donors (Lipinski definition) is 2. The Kier molecular flexibility index (Phi) is 8.12. The molecule has 5 aliphatic rings. The third-order valence-corrected chi connectivity index (χ3v) is 12.3. The molecule has 3 aromatic heterocycles. The van der Waals surface area contributed by atoms with Crippen LogP contribution in [0.5, 0.6) is 0 Å². The second-order valence-electron chi connectivity index (χ2n) is 16.3. The van der Waals surface area contributed by atoms with Crippen LogP contribution in [0.4, 0.5) is 28.8 Å². The molecule has 14 nitrogen and oxygen atoms in total. The minimum absolute atomic E-state index is 0.0317. The second kappa shape index (κ2) is 12.8. The lowest BCUT2D eigenvalue weighted by atomic mass is 9.78. The van der Waals surface area contributed by atoms with Gasteiger partial charge in [-0.1, -0.05) is 18.9 Å². The molecule has 1 aliphatic carbocycles. The number of carbonyl (C=O) groups is 4. The van der Waals surface area contributed by atoms with Gasteiger partial charge in [0.1, 0.15) is 23.2 Å². The van der Waals surface area contributed by atoms with Crippen LogP contribution < -0.4 is 25.3 Å². The number of fused-ring (bicyclic) bond motifs is 2. The number of nitrogens with zero attached hydrogens (tertiary/aromatic N) is 8. The van der Waals surface area contributed by atoms with Gasteiger partial charge in [0.25, 0.3) is 5.91 Å². The van der Waals surface area contributed by atoms with Crippen molar-refractivity contribution in [2.24, 2.45) is 11.8 Å². The predicted molar refractivity (Wildman–Crippen MR) is 205 cm³/mol. The maximum atomic E-state index is 13.8. The normalized spacial score (nSPS) is 21.7. The predicted octanol–water partition coefficient (Wildman–Crippen LogP) is 4.39. The highest BCUT2D eigenvalue weighted by molar-refractivity contribution is 6.14. The van der Waals surface area contributed by atoms with Crippen molar-refractivity contribution in [2.45, 2.75) is 69.9 Å². The van der Waals surface area contributed by atoms with Crippen LogP contribution in [0.1, 0.15) is 74.5 Å². The van der Waals surface area contributed by atoms with E-state index in [0.717, 1.165) is 85.5 Å². The van der Waals surface area contributed by atoms with Crippen molar-refractivity contribution in [2.75, 3.05) is 60.3 Å². The minimum atomic E-state index is -0.782. The van der Waals surface area contributed by atoms with Crippen molar-refractivity contribution in [3.8, 4) is 0 Å². The van der Waals surface area contributed by atoms with Crippen molar-refractivity contribution < 1.29 is 19.2 Å². The van der Waals surface area contributed by atoms with E-state index < -0.39 is 17.4 Å². The molecule has 7 heterocycles. The van der Waals surface area contributed by atoms with E-state index in [4.69, 9.17) is 4.98 Å². The number of imide groups is 1. The Morgan fingerprint density at radius 3 is 2.31 bits per heavy atom. The van der Waals surface area contributed by atoms with Gasteiger partial charge in [0.05, 0.1) is 23.0 Å². The molecular formula is C40H46N10O4. The zero-order valence-corrected chi connectivity index (χ0v) is 31.2. The van der Waals surface area contributed by atoms with E-state index in [9.17, 15) is 19.2 Å². The SMILES string of the molecule is CN(C)C(=O)c1cc2cnc(Nc3ccc(N4CC(C5CN(c6cccc7c6C(C)(C)C(=O)N7[C@H]6CCC(=O)NC6=O)C5)C4)cn3)nc2n1C1CCCC1. The lowest BCUT2D eigenvalue weighted by Gasteiger charge is -2.52. The summed E-state index contributed by atoms with van der Waals surface area (Å²) < 4.78 is 2.11. The standard InChI is InChI=1S/C40H46N10O4/c1-40(2)34-28(10-7-11-29(34)50(38(40)54)30-13-15-33(51)44-36(30)52)48-21-25(22-48)24-19-47(20-24)27-12-14-32(41-18-27)43-39-42-17-23-16-31(37(53)46(3)4)49(35(23)45-39)26-8-5-6-9-26/h7,10-12,14,16-18,24-26,30H,5-6,8-9,13,15,19-22H2,1-4H3,(H,44,51,52)(H,41,42,43,45)/t30-/m0/s1. The first-order valence-corrected chi connectivity index (χ1v) is 19.1. The molecule has 54 heavy (non-hydrogen) atoms. The molecule has 14 heteroatoms. The van der Waals surface area contributed by atoms with Crippen molar-refractivity contribution in [1.29, 1.82) is 0 Å². The molecule has 0 unspecified atom stereocenters. The van der Waals surface area contributed by atoms with Crippen LogP contribution in [-0.4, -0.2) is 94.4 Å². The third kappa shape index (κ3) is 5.56. The fourth-order valence-corrected chi connectivity index (χ4v) is 9.17. The first kappa shape index (κ1) is 34.3. The molecule has 3 saturated heterocycles. The number of hydrogen-bond acceptors (Lipinski definition) is 10. The number of carbonyl (C=O) groups excluding carboxylic acids is 4. The van der Waals surface area contributed by atoms with Gasteiger partial charge in [-0.25, -0.2) is 9.97 Å². The van der Waals surface area contributed by atoms with E-state index in [-0.39, 0.29) is 30.2 Å². The van der Waals surface area contributed by atoms with E-state index in [1.807, 2.05) is 44.3 Å². The van der Waals surface area contributed by atoms with E-state index >= 15 is 0 Å². The fraction of sp³-hybridized carbons (Fsp3) is 0.475. The summed E-state index contributed by atoms with van der Waals surface area (Å²) in [5, 5.41) is 6.54. The molecule has 0 bridgehead atoms. The highest BCUT2D eigenvalue weighted by Crippen LogP contribution is 2.50. The highest BCUT2D eigenvalue weighted by atomic mass is 16.2. The third-order valence-electron chi connectivity index (χ3n) is 12.3. The number of nitrogens with one attached hydrogen (secondary N) is 2. The maximum Gasteiger partial charge on any atom is 0.270 e. The topological polar surface area (TPSA) is 149 Å². The molecule has 4 amide bonds. The molecule has 4 aliphatic heterocycles. The molecule has 4 fully saturated rings. The molecular weight excluding hydrogens is 685 g/mol. The molecule has 1 atom stereocenters. The number of aromatic nitrogens is 4. The van der Waals surface area contributed by atoms with Gasteiger partial charge in [-0.15, -0.1) is 0 Å². The summed E-state index contributed by atoms with van der Waals surface area (Å²) in [5.41, 5.74) is 4.50. The lowest BCUT2D eigenvalue weighted by Crippen LogP contribution is -2.60. The smallest absolute Gasteiger partial charge is 0.270 e. The van der Waals surface area contributed by atoms with Crippen LogP contribution in [0.25, 0.3) is 11.0 Å².